The Morgan fingerprint density at radius 3 is 2.64 bits per heavy atom. The van der Waals surface area contributed by atoms with Crippen molar-refractivity contribution in [2.75, 3.05) is 0 Å². The molecular weight excluding hydrogens is 394 g/mol. The summed E-state index contributed by atoms with van der Waals surface area (Å²) in [5.41, 5.74) is 1.63. The molecule has 0 fully saturated rings. The molecule has 7 heteroatoms. The summed E-state index contributed by atoms with van der Waals surface area (Å²) in [4.78, 5) is 31.0. The number of carbonyl (C=O) groups excluding carboxylic acids is 1. The number of benzene rings is 2. The van der Waals surface area contributed by atoms with Crippen molar-refractivity contribution < 1.29 is 4.79 Å². The van der Waals surface area contributed by atoms with Gasteiger partial charge in [-0.2, -0.15) is 0 Å². The van der Waals surface area contributed by atoms with Gasteiger partial charge in [-0.25, -0.2) is 4.98 Å². The molecule has 140 valence electrons. The van der Waals surface area contributed by atoms with Crippen LogP contribution in [-0.2, 0) is 17.9 Å². The molecule has 1 N–H and O–H groups in total. The summed E-state index contributed by atoms with van der Waals surface area (Å²) >= 11 is 7.56. The summed E-state index contributed by atoms with van der Waals surface area (Å²) in [5.74, 6) is -0.276. The molecule has 0 bridgehead atoms. The Kier molecular flexibility index (Phi) is 5.23. The standard InChI is InChI=1S/C21H16ClN3O2S/c22-17-9-5-4-8-15(17)11-23-19(26)12-25-13-24-20-16(21(25)27)10-18(28-20)14-6-2-1-3-7-14/h1-10,13H,11-12H2,(H,23,26). The average Bonchev–Trinajstić information content (AvgIpc) is 3.15. The van der Waals surface area contributed by atoms with E-state index in [1.54, 1.807) is 6.07 Å². The molecule has 5 nitrogen and oxygen atoms in total. The van der Waals surface area contributed by atoms with E-state index in [1.165, 1.54) is 22.2 Å². The Bertz CT molecular complexity index is 1200. The Morgan fingerprint density at radius 2 is 1.86 bits per heavy atom. The van der Waals surface area contributed by atoms with Gasteiger partial charge in [0, 0.05) is 16.4 Å². The summed E-state index contributed by atoms with van der Waals surface area (Å²) < 4.78 is 1.33. The molecule has 4 rings (SSSR count). The van der Waals surface area contributed by atoms with Crippen LogP contribution in [-0.4, -0.2) is 15.5 Å². The fourth-order valence-electron chi connectivity index (χ4n) is 2.86. The molecule has 2 aromatic carbocycles. The fourth-order valence-corrected chi connectivity index (χ4v) is 4.06. The second kappa shape index (κ2) is 7.96. The zero-order valence-corrected chi connectivity index (χ0v) is 16.3. The van der Waals surface area contributed by atoms with Crippen LogP contribution in [0.3, 0.4) is 0 Å². The molecule has 0 aliphatic rings. The number of rotatable bonds is 5. The number of nitrogens with one attached hydrogen (secondary N) is 1. The van der Waals surface area contributed by atoms with Gasteiger partial charge in [-0.1, -0.05) is 60.1 Å². The summed E-state index contributed by atoms with van der Waals surface area (Å²) in [6, 6.07) is 19.0. The Labute approximate surface area is 170 Å². The molecule has 0 atom stereocenters. The molecule has 0 saturated carbocycles. The molecule has 28 heavy (non-hydrogen) atoms. The van der Waals surface area contributed by atoms with Gasteiger partial charge >= 0.3 is 0 Å². The quantitative estimate of drug-likeness (QED) is 0.539. The maximum atomic E-state index is 12.8. The van der Waals surface area contributed by atoms with Crippen molar-refractivity contribution in [3.8, 4) is 10.4 Å². The summed E-state index contributed by atoms with van der Waals surface area (Å²) in [6.07, 6.45) is 1.42. The van der Waals surface area contributed by atoms with E-state index in [1.807, 2.05) is 54.6 Å². The second-order valence-corrected chi connectivity index (χ2v) is 7.68. The largest absolute Gasteiger partial charge is 0.350 e. The highest BCUT2D eigenvalue weighted by molar-refractivity contribution is 7.21. The van der Waals surface area contributed by atoms with Crippen LogP contribution in [0.5, 0.6) is 0 Å². The van der Waals surface area contributed by atoms with Crippen molar-refractivity contribution in [2.24, 2.45) is 0 Å². The van der Waals surface area contributed by atoms with Crippen molar-refractivity contribution in [2.45, 2.75) is 13.1 Å². The third-order valence-corrected chi connectivity index (χ3v) is 5.79. The topological polar surface area (TPSA) is 64.0 Å². The van der Waals surface area contributed by atoms with Crippen LogP contribution in [0.1, 0.15) is 5.56 Å². The van der Waals surface area contributed by atoms with Crippen LogP contribution in [0, 0.1) is 0 Å². The lowest BCUT2D eigenvalue weighted by Gasteiger charge is -2.08. The zero-order chi connectivity index (χ0) is 19.5. The van der Waals surface area contributed by atoms with Crippen LogP contribution >= 0.6 is 22.9 Å². The van der Waals surface area contributed by atoms with E-state index in [-0.39, 0.29) is 18.0 Å². The Balaban J connectivity index is 1.52. The average molecular weight is 410 g/mol. The van der Waals surface area contributed by atoms with Gasteiger partial charge in [0.1, 0.15) is 11.4 Å². The van der Waals surface area contributed by atoms with Crippen LogP contribution in [0.2, 0.25) is 5.02 Å². The molecule has 0 saturated heterocycles. The van der Waals surface area contributed by atoms with Gasteiger partial charge in [-0.3, -0.25) is 14.2 Å². The van der Waals surface area contributed by atoms with E-state index in [2.05, 4.69) is 10.3 Å². The normalized spacial score (nSPS) is 10.9. The first kappa shape index (κ1) is 18.4. The molecule has 4 aromatic rings. The van der Waals surface area contributed by atoms with Gasteiger partial charge in [0.05, 0.1) is 11.7 Å². The number of amides is 1. The molecule has 2 heterocycles. The number of aromatic nitrogens is 2. The number of halogens is 1. The van der Waals surface area contributed by atoms with Gasteiger partial charge < -0.3 is 5.32 Å². The molecule has 0 radical (unpaired) electrons. The first-order chi connectivity index (χ1) is 13.6. The molecule has 0 aliphatic heterocycles. The van der Waals surface area contributed by atoms with Crippen LogP contribution in [0.4, 0.5) is 0 Å². The number of nitrogens with zero attached hydrogens (tertiary/aromatic N) is 2. The predicted molar refractivity (Wildman–Crippen MR) is 113 cm³/mol. The van der Waals surface area contributed by atoms with Gasteiger partial charge in [-0.15, -0.1) is 11.3 Å². The highest BCUT2D eigenvalue weighted by Gasteiger charge is 2.12. The lowest BCUT2D eigenvalue weighted by atomic mass is 10.2. The molecule has 0 aliphatic carbocycles. The fraction of sp³-hybridized carbons (Fsp3) is 0.0952. The maximum absolute atomic E-state index is 12.8. The second-order valence-electron chi connectivity index (χ2n) is 6.24. The smallest absolute Gasteiger partial charge is 0.262 e. The van der Waals surface area contributed by atoms with Gasteiger partial charge in [0.15, 0.2) is 0 Å². The van der Waals surface area contributed by atoms with Gasteiger partial charge in [0.2, 0.25) is 5.91 Å². The third-order valence-electron chi connectivity index (χ3n) is 4.32. The number of hydrogen-bond acceptors (Lipinski definition) is 4. The predicted octanol–water partition coefficient (Wildman–Crippen LogP) is 4.09. The van der Waals surface area contributed by atoms with E-state index < -0.39 is 0 Å². The molecule has 0 unspecified atom stereocenters. The van der Waals surface area contributed by atoms with E-state index in [0.29, 0.717) is 21.8 Å². The van der Waals surface area contributed by atoms with E-state index >= 15 is 0 Å². The first-order valence-corrected chi connectivity index (χ1v) is 9.86. The van der Waals surface area contributed by atoms with Crippen molar-refractivity contribution in [1.82, 2.24) is 14.9 Å². The number of thiophene rings is 1. The molecule has 0 spiro atoms. The van der Waals surface area contributed by atoms with E-state index in [0.717, 1.165) is 16.0 Å². The minimum Gasteiger partial charge on any atom is -0.350 e. The molecular formula is C21H16ClN3O2S. The lowest BCUT2D eigenvalue weighted by Crippen LogP contribution is -2.32. The molecule has 2 aromatic heterocycles. The highest BCUT2D eigenvalue weighted by atomic mass is 35.5. The Morgan fingerprint density at radius 1 is 1.11 bits per heavy atom. The van der Waals surface area contributed by atoms with Crippen LogP contribution < -0.4 is 10.9 Å². The third kappa shape index (κ3) is 3.83. The SMILES string of the molecule is O=C(Cn1cnc2sc(-c3ccccc3)cc2c1=O)NCc1ccccc1Cl. The number of hydrogen-bond donors (Lipinski definition) is 1. The summed E-state index contributed by atoms with van der Waals surface area (Å²) in [5, 5.41) is 3.90. The minimum atomic E-state index is -0.276. The minimum absolute atomic E-state index is 0.0945. The van der Waals surface area contributed by atoms with Crippen molar-refractivity contribution in [3.63, 3.8) is 0 Å². The lowest BCUT2D eigenvalue weighted by molar-refractivity contribution is -0.121. The zero-order valence-electron chi connectivity index (χ0n) is 14.8. The van der Waals surface area contributed by atoms with Crippen LogP contribution in [0.15, 0.2) is 71.8 Å². The van der Waals surface area contributed by atoms with E-state index in [4.69, 9.17) is 11.6 Å². The first-order valence-electron chi connectivity index (χ1n) is 8.66. The number of fused-ring (bicyclic) bond motifs is 1. The van der Waals surface area contributed by atoms with E-state index in [9.17, 15) is 9.59 Å². The monoisotopic (exact) mass is 409 g/mol. The number of carbonyl (C=O) groups is 1. The maximum Gasteiger partial charge on any atom is 0.262 e. The summed E-state index contributed by atoms with van der Waals surface area (Å²) in [6.45, 7) is 0.211. The molecule has 1 amide bonds. The van der Waals surface area contributed by atoms with Crippen molar-refractivity contribution in [1.29, 1.82) is 0 Å². The highest BCUT2D eigenvalue weighted by Crippen LogP contribution is 2.30. The van der Waals surface area contributed by atoms with Crippen molar-refractivity contribution >= 4 is 39.1 Å². The Hall–Kier alpha value is -2.96. The summed E-state index contributed by atoms with van der Waals surface area (Å²) in [7, 11) is 0. The van der Waals surface area contributed by atoms with Crippen LogP contribution in [0.25, 0.3) is 20.7 Å². The van der Waals surface area contributed by atoms with Crippen molar-refractivity contribution in [3.05, 3.63) is 87.9 Å². The van der Waals surface area contributed by atoms with Gasteiger partial charge in [0.25, 0.3) is 5.56 Å². The van der Waals surface area contributed by atoms with Gasteiger partial charge in [-0.05, 0) is 23.3 Å².